The van der Waals surface area contributed by atoms with Crippen LogP contribution in [-0.2, 0) is 11.3 Å². The zero-order chi connectivity index (χ0) is 18.1. The van der Waals surface area contributed by atoms with Crippen molar-refractivity contribution in [2.75, 3.05) is 33.4 Å². The van der Waals surface area contributed by atoms with Gasteiger partial charge in [0.05, 0.1) is 17.2 Å². The fraction of sp³-hybridized carbons (Fsp3) is 0.789. The van der Waals surface area contributed by atoms with Crippen LogP contribution in [0.15, 0.2) is 10.4 Å². The summed E-state index contributed by atoms with van der Waals surface area (Å²) in [6.45, 7) is 10.5. The lowest BCUT2D eigenvalue weighted by molar-refractivity contribution is 0.107. The number of hydrogen-bond donors (Lipinski definition) is 1. The zero-order valence-corrected chi connectivity index (χ0v) is 19.9. The maximum Gasteiger partial charge on any atom is 0.194 e. The van der Waals surface area contributed by atoms with E-state index in [9.17, 15) is 0 Å². The van der Waals surface area contributed by atoms with Gasteiger partial charge in [0.1, 0.15) is 0 Å². The summed E-state index contributed by atoms with van der Waals surface area (Å²) in [6.07, 6.45) is 6.33. The van der Waals surface area contributed by atoms with Gasteiger partial charge in [-0.15, -0.1) is 35.3 Å². The molecule has 1 saturated carbocycles. The fourth-order valence-corrected chi connectivity index (χ4v) is 4.16. The van der Waals surface area contributed by atoms with Crippen molar-refractivity contribution in [3.05, 3.63) is 16.1 Å². The minimum atomic E-state index is 0. The summed E-state index contributed by atoms with van der Waals surface area (Å²) in [4.78, 5) is 11.8. The van der Waals surface area contributed by atoms with Gasteiger partial charge in [0.2, 0.25) is 0 Å². The Bertz CT molecular complexity index is 543. The summed E-state index contributed by atoms with van der Waals surface area (Å²) < 4.78 is 5.62. The van der Waals surface area contributed by atoms with E-state index in [2.05, 4.69) is 48.4 Å². The Hall–Kier alpha value is -0.410. The van der Waals surface area contributed by atoms with Crippen LogP contribution in [0.25, 0.3) is 0 Å². The zero-order valence-electron chi connectivity index (χ0n) is 16.7. The maximum absolute atomic E-state index is 5.62. The molecule has 1 aliphatic carbocycles. The van der Waals surface area contributed by atoms with Gasteiger partial charge in [-0.2, -0.15) is 0 Å². The van der Waals surface area contributed by atoms with Crippen LogP contribution in [0.1, 0.15) is 56.7 Å². The van der Waals surface area contributed by atoms with Gasteiger partial charge in [0, 0.05) is 38.7 Å². The highest BCUT2D eigenvalue weighted by atomic mass is 127. The smallest absolute Gasteiger partial charge is 0.194 e. The van der Waals surface area contributed by atoms with Crippen molar-refractivity contribution in [1.82, 2.24) is 15.2 Å². The molecule has 1 aromatic rings. The van der Waals surface area contributed by atoms with E-state index in [1.165, 1.54) is 25.7 Å². The van der Waals surface area contributed by atoms with E-state index < -0.39 is 0 Å². The van der Waals surface area contributed by atoms with Crippen LogP contribution in [0.5, 0.6) is 0 Å². The number of thiazole rings is 1. The van der Waals surface area contributed by atoms with Crippen LogP contribution in [-0.4, -0.2) is 49.2 Å². The Morgan fingerprint density at radius 1 is 1.38 bits per heavy atom. The molecule has 150 valence electrons. The van der Waals surface area contributed by atoms with Crippen LogP contribution in [0, 0.1) is 12.3 Å². The summed E-state index contributed by atoms with van der Waals surface area (Å²) >= 11 is 1.70. The van der Waals surface area contributed by atoms with Gasteiger partial charge in [-0.25, -0.2) is 4.98 Å². The molecule has 0 aliphatic heterocycles. The molecule has 1 aliphatic rings. The molecule has 0 saturated heterocycles. The number of aryl methyl sites for hydroxylation is 1. The maximum atomic E-state index is 5.62. The lowest BCUT2D eigenvalue weighted by atomic mass is 9.83. The number of nitrogens with zero attached hydrogens (tertiary/aromatic N) is 3. The monoisotopic (exact) mass is 494 g/mol. The molecule has 0 radical (unpaired) electrons. The second-order valence-electron chi connectivity index (χ2n) is 7.04. The average molecular weight is 494 g/mol. The third kappa shape index (κ3) is 7.31. The first-order valence-corrected chi connectivity index (χ1v) is 10.4. The number of rotatable bonds is 9. The van der Waals surface area contributed by atoms with Gasteiger partial charge in [-0.05, 0) is 45.4 Å². The number of halogens is 1. The predicted octanol–water partition coefficient (Wildman–Crippen LogP) is 4.45. The van der Waals surface area contributed by atoms with Crippen molar-refractivity contribution in [1.29, 1.82) is 0 Å². The summed E-state index contributed by atoms with van der Waals surface area (Å²) in [5.74, 6) is 0.982. The largest absolute Gasteiger partial charge is 0.382 e. The molecule has 7 heteroatoms. The highest BCUT2D eigenvalue weighted by molar-refractivity contribution is 14.0. The van der Waals surface area contributed by atoms with Crippen LogP contribution < -0.4 is 5.32 Å². The molecule has 2 rings (SSSR count). The predicted molar refractivity (Wildman–Crippen MR) is 122 cm³/mol. The highest BCUT2D eigenvalue weighted by Gasteiger charge is 2.33. The van der Waals surface area contributed by atoms with Gasteiger partial charge in [0.15, 0.2) is 5.96 Å². The van der Waals surface area contributed by atoms with Crippen molar-refractivity contribution in [2.45, 2.75) is 59.4 Å². The third-order valence-electron chi connectivity index (χ3n) is 4.97. The van der Waals surface area contributed by atoms with Crippen molar-refractivity contribution in [2.24, 2.45) is 10.4 Å². The SMILES string of the molecule is CCNC(=NCC1(CCOCC)CCCC1)N(C)Cc1csc(C)n1.I. The molecule has 0 amide bonds. The molecule has 0 unspecified atom stereocenters. The quantitative estimate of drug-likeness (QED) is 0.239. The molecule has 5 nitrogen and oxygen atoms in total. The van der Waals surface area contributed by atoms with Gasteiger partial charge in [-0.3, -0.25) is 4.99 Å². The molecule has 0 atom stereocenters. The van der Waals surface area contributed by atoms with Crippen molar-refractivity contribution in [3.63, 3.8) is 0 Å². The lowest BCUT2D eigenvalue weighted by Gasteiger charge is -2.29. The van der Waals surface area contributed by atoms with Crippen molar-refractivity contribution < 1.29 is 4.74 Å². The molecule has 0 bridgehead atoms. The number of ether oxygens (including phenoxy) is 1. The second kappa shape index (κ2) is 12.1. The minimum Gasteiger partial charge on any atom is -0.382 e. The Labute approximate surface area is 180 Å². The minimum absolute atomic E-state index is 0. The fourth-order valence-electron chi connectivity index (χ4n) is 3.56. The van der Waals surface area contributed by atoms with E-state index in [1.807, 2.05) is 0 Å². The third-order valence-corrected chi connectivity index (χ3v) is 5.79. The van der Waals surface area contributed by atoms with Gasteiger partial charge < -0.3 is 15.0 Å². The van der Waals surface area contributed by atoms with E-state index in [4.69, 9.17) is 9.73 Å². The summed E-state index contributed by atoms with van der Waals surface area (Å²) in [5.41, 5.74) is 1.44. The molecule has 0 aromatic carbocycles. The number of nitrogens with one attached hydrogen (secondary N) is 1. The summed E-state index contributed by atoms with van der Waals surface area (Å²) in [7, 11) is 2.09. The Balaban J connectivity index is 0.00000338. The van der Waals surface area contributed by atoms with Gasteiger partial charge >= 0.3 is 0 Å². The number of guanidine groups is 1. The Morgan fingerprint density at radius 2 is 2.12 bits per heavy atom. The Kier molecular flexibility index (Phi) is 11.0. The molecule has 26 heavy (non-hydrogen) atoms. The molecule has 1 aromatic heterocycles. The highest BCUT2D eigenvalue weighted by Crippen LogP contribution is 2.41. The first-order chi connectivity index (χ1) is 12.1. The van der Waals surface area contributed by atoms with E-state index in [1.54, 1.807) is 11.3 Å². The average Bonchev–Trinajstić information content (AvgIpc) is 3.21. The topological polar surface area (TPSA) is 49.8 Å². The summed E-state index contributed by atoms with van der Waals surface area (Å²) in [5, 5.41) is 6.69. The van der Waals surface area contributed by atoms with E-state index in [0.29, 0.717) is 5.41 Å². The molecular weight excluding hydrogens is 459 g/mol. The number of hydrogen-bond acceptors (Lipinski definition) is 4. The van der Waals surface area contributed by atoms with E-state index in [-0.39, 0.29) is 24.0 Å². The molecule has 1 fully saturated rings. The van der Waals surface area contributed by atoms with E-state index in [0.717, 1.165) is 55.9 Å². The van der Waals surface area contributed by atoms with Crippen molar-refractivity contribution in [3.8, 4) is 0 Å². The first-order valence-electron chi connectivity index (χ1n) is 9.57. The van der Waals surface area contributed by atoms with Crippen LogP contribution in [0.2, 0.25) is 0 Å². The molecule has 1 heterocycles. The van der Waals surface area contributed by atoms with Crippen LogP contribution >= 0.6 is 35.3 Å². The number of aliphatic imine (C=N–C) groups is 1. The Morgan fingerprint density at radius 3 is 2.69 bits per heavy atom. The normalized spacial score (nSPS) is 16.4. The molecular formula is C19H35IN4OS. The summed E-state index contributed by atoms with van der Waals surface area (Å²) in [6, 6.07) is 0. The van der Waals surface area contributed by atoms with Gasteiger partial charge in [0.25, 0.3) is 0 Å². The van der Waals surface area contributed by atoms with Gasteiger partial charge in [-0.1, -0.05) is 12.8 Å². The van der Waals surface area contributed by atoms with E-state index >= 15 is 0 Å². The standard InChI is InChI=1S/C19H34N4OS.HI/c1-5-20-18(23(4)13-17-14-25-16(3)22-17)21-15-19(9-7-8-10-19)11-12-24-6-2;/h14H,5-13,15H2,1-4H3,(H,20,21);1H. The lowest BCUT2D eigenvalue weighted by Crippen LogP contribution is -2.39. The molecule has 0 spiro atoms. The van der Waals surface area contributed by atoms with Crippen LogP contribution in [0.3, 0.4) is 0 Å². The second-order valence-corrected chi connectivity index (χ2v) is 8.10. The first kappa shape index (κ1) is 23.6. The number of aromatic nitrogens is 1. The molecule has 1 N–H and O–H groups in total. The van der Waals surface area contributed by atoms with Crippen LogP contribution in [0.4, 0.5) is 0 Å². The van der Waals surface area contributed by atoms with Crippen molar-refractivity contribution >= 4 is 41.3 Å².